The average Bonchev–Trinajstić information content (AvgIpc) is 3.37. The minimum absolute atomic E-state index is 0.0360. The number of nitrogens with zero attached hydrogens (tertiary/aromatic N) is 3. The van der Waals surface area contributed by atoms with Gasteiger partial charge in [0.1, 0.15) is 11.4 Å². The molecule has 2 aliphatic heterocycles. The Morgan fingerprint density at radius 1 is 1.06 bits per heavy atom. The first kappa shape index (κ1) is 24.4. The molecule has 0 radical (unpaired) electrons. The lowest BCUT2D eigenvalue weighted by molar-refractivity contribution is -0.137. The van der Waals surface area contributed by atoms with Gasteiger partial charge in [-0.05, 0) is 73.6 Å². The minimum atomic E-state index is -4.62. The van der Waals surface area contributed by atoms with Gasteiger partial charge in [-0.1, -0.05) is 13.0 Å². The van der Waals surface area contributed by atoms with Crippen molar-refractivity contribution in [2.45, 2.75) is 51.2 Å². The van der Waals surface area contributed by atoms with Crippen LogP contribution in [0.25, 0.3) is 11.3 Å². The summed E-state index contributed by atoms with van der Waals surface area (Å²) in [6, 6.07) is 5.26. The zero-order valence-electron chi connectivity index (χ0n) is 20.0. The first-order valence-corrected chi connectivity index (χ1v) is 12.6. The van der Waals surface area contributed by atoms with Gasteiger partial charge in [0.15, 0.2) is 5.82 Å². The van der Waals surface area contributed by atoms with E-state index in [4.69, 9.17) is 4.74 Å². The van der Waals surface area contributed by atoms with Crippen molar-refractivity contribution in [1.82, 2.24) is 15.1 Å². The predicted molar refractivity (Wildman–Crippen MR) is 125 cm³/mol. The van der Waals surface area contributed by atoms with Crippen LogP contribution in [0.3, 0.4) is 0 Å². The maximum Gasteiger partial charge on any atom is 0.420 e. The molecule has 3 aliphatic rings. The maximum atomic E-state index is 14.4. The lowest BCUT2D eigenvalue weighted by Crippen LogP contribution is -2.32. The summed E-state index contributed by atoms with van der Waals surface area (Å²) >= 11 is 0. The summed E-state index contributed by atoms with van der Waals surface area (Å²) in [7, 11) is 0. The van der Waals surface area contributed by atoms with Gasteiger partial charge in [-0.3, -0.25) is 0 Å². The number of alkyl halides is 3. The molecule has 5 rings (SSSR count). The number of aromatic nitrogens is 2. The molecule has 1 aromatic heterocycles. The smallest absolute Gasteiger partial charge is 0.381 e. The second kappa shape index (κ2) is 10.0. The molecule has 2 aromatic rings. The first-order valence-electron chi connectivity index (χ1n) is 12.6. The van der Waals surface area contributed by atoms with Gasteiger partial charge in [0.2, 0.25) is 0 Å². The number of hydrogen-bond acceptors (Lipinski definition) is 5. The molecular weight excluding hydrogens is 460 g/mol. The van der Waals surface area contributed by atoms with E-state index in [2.05, 4.69) is 20.4 Å². The summed E-state index contributed by atoms with van der Waals surface area (Å²) in [6.07, 6.45) is -0.120. The highest BCUT2D eigenvalue weighted by Crippen LogP contribution is 2.42. The zero-order valence-corrected chi connectivity index (χ0v) is 20.0. The molecule has 0 amide bonds. The molecule has 1 aliphatic carbocycles. The first-order chi connectivity index (χ1) is 16.8. The van der Waals surface area contributed by atoms with Crippen molar-refractivity contribution in [2.24, 2.45) is 17.8 Å². The molecule has 9 heteroatoms. The number of hydrogen-bond donors (Lipinski definition) is 1. The van der Waals surface area contributed by atoms with E-state index in [1.54, 1.807) is 6.07 Å². The molecule has 0 spiro atoms. The molecule has 35 heavy (non-hydrogen) atoms. The van der Waals surface area contributed by atoms with Crippen LogP contribution in [0.1, 0.15) is 43.7 Å². The van der Waals surface area contributed by atoms with Crippen molar-refractivity contribution in [3.63, 3.8) is 0 Å². The molecule has 2 unspecified atom stereocenters. The summed E-state index contributed by atoms with van der Waals surface area (Å²) in [6.45, 7) is 6.69. The van der Waals surface area contributed by atoms with E-state index < -0.39 is 17.6 Å². The minimum Gasteiger partial charge on any atom is -0.381 e. The Kier molecular flexibility index (Phi) is 6.99. The highest BCUT2D eigenvalue weighted by molar-refractivity contribution is 5.64. The number of nitrogens with one attached hydrogen (secondary N) is 1. The van der Waals surface area contributed by atoms with Crippen LogP contribution in [0.2, 0.25) is 0 Å². The van der Waals surface area contributed by atoms with Gasteiger partial charge in [-0.2, -0.15) is 13.2 Å². The van der Waals surface area contributed by atoms with Gasteiger partial charge in [0.25, 0.3) is 0 Å². The second-order valence-corrected chi connectivity index (χ2v) is 10.3. The van der Waals surface area contributed by atoms with E-state index >= 15 is 0 Å². The second-order valence-electron chi connectivity index (χ2n) is 10.3. The van der Waals surface area contributed by atoms with Crippen LogP contribution in [0, 0.1) is 23.6 Å². The molecular formula is C26H32F4N4O. The van der Waals surface area contributed by atoms with Crippen molar-refractivity contribution < 1.29 is 22.3 Å². The van der Waals surface area contributed by atoms with Crippen LogP contribution < -0.4 is 5.32 Å². The third-order valence-corrected chi connectivity index (χ3v) is 7.84. The van der Waals surface area contributed by atoms with E-state index in [0.29, 0.717) is 24.2 Å². The van der Waals surface area contributed by atoms with E-state index in [9.17, 15) is 17.6 Å². The summed E-state index contributed by atoms with van der Waals surface area (Å²) < 4.78 is 61.7. The monoisotopic (exact) mass is 492 g/mol. The lowest BCUT2D eigenvalue weighted by atomic mass is 10.00. The molecule has 0 bridgehead atoms. The topological polar surface area (TPSA) is 50.3 Å². The molecule has 3 fully saturated rings. The summed E-state index contributed by atoms with van der Waals surface area (Å²) in [5.74, 6) is 0.777. The fraction of sp³-hybridized carbons (Fsp3) is 0.615. The molecule has 2 atom stereocenters. The average molecular weight is 493 g/mol. The number of anilines is 1. The number of benzene rings is 1. The lowest BCUT2D eigenvalue weighted by Gasteiger charge is -2.28. The molecule has 1 saturated carbocycles. The number of aryl methyl sites for hydroxylation is 1. The molecule has 1 aromatic carbocycles. The van der Waals surface area contributed by atoms with Gasteiger partial charge in [0.05, 0.1) is 5.69 Å². The third-order valence-electron chi connectivity index (χ3n) is 7.84. The number of fused-ring (bicyclic) bond motifs is 1. The van der Waals surface area contributed by atoms with Crippen LogP contribution in [-0.2, 0) is 17.3 Å². The van der Waals surface area contributed by atoms with Crippen LogP contribution in [-0.4, -0.2) is 54.0 Å². The highest BCUT2D eigenvalue weighted by atomic mass is 19.4. The normalized spacial score (nSPS) is 25.7. The van der Waals surface area contributed by atoms with Crippen LogP contribution in [0.15, 0.2) is 24.3 Å². The largest absolute Gasteiger partial charge is 0.420 e. The van der Waals surface area contributed by atoms with Crippen LogP contribution in [0.4, 0.5) is 23.4 Å². The van der Waals surface area contributed by atoms with Crippen molar-refractivity contribution in [3.05, 3.63) is 41.2 Å². The van der Waals surface area contributed by atoms with Crippen molar-refractivity contribution in [1.29, 1.82) is 0 Å². The van der Waals surface area contributed by atoms with Crippen molar-refractivity contribution >= 4 is 5.82 Å². The number of rotatable bonds is 6. The number of halogens is 4. The molecule has 3 heterocycles. The van der Waals surface area contributed by atoms with Gasteiger partial charge in [-0.15, -0.1) is 10.2 Å². The predicted octanol–water partition coefficient (Wildman–Crippen LogP) is 5.41. The van der Waals surface area contributed by atoms with E-state index in [1.165, 1.54) is 12.1 Å². The Labute approximate surface area is 203 Å². The van der Waals surface area contributed by atoms with Gasteiger partial charge in [0, 0.05) is 44.5 Å². The van der Waals surface area contributed by atoms with Gasteiger partial charge < -0.3 is 15.0 Å². The summed E-state index contributed by atoms with van der Waals surface area (Å²) in [5, 5.41) is 10.9. The van der Waals surface area contributed by atoms with Gasteiger partial charge >= 0.3 is 6.18 Å². The Hall–Kier alpha value is -2.26. The third kappa shape index (κ3) is 5.45. The van der Waals surface area contributed by atoms with Crippen LogP contribution in [0.5, 0.6) is 0 Å². The SMILES string of the molecule is CCc1ccc(F)c(-c2cc(C(F)(F)F)c(NC3CC4CN(CC5CCOCC5)CC4C3)nn2)c1. The highest BCUT2D eigenvalue weighted by Gasteiger charge is 2.43. The Balaban J connectivity index is 1.27. The number of likely N-dealkylation sites (tertiary alicyclic amines) is 1. The molecule has 190 valence electrons. The Morgan fingerprint density at radius 3 is 2.43 bits per heavy atom. The maximum absolute atomic E-state index is 14.4. The quantitative estimate of drug-likeness (QED) is 0.547. The standard InChI is InChI=1S/C26H32F4N4O/c1-2-16-3-4-23(27)21(9-16)24-12-22(26(28,29)30)25(33-32-24)31-20-10-18-14-34(15-19(18)11-20)13-17-5-7-35-8-6-17/h3-4,9,12,17-20H,2,5-8,10-11,13-15H2,1H3,(H,31,33). The van der Waals surface area contributed by atoms with Crippen molar-refractivity contribution in [2.75, 3.05) is 38.2 Å². The Bertz CT molecular complexity index is 1030. The Morgan fingerprint density at radius 2 is 1.77 bits per heavy atom. The zero-order chi connectivity index (χ0) is 24.6. The van der Waals surface area contributed by atoms with Gasteiger partial charge in [-0.25, -0.2) is 4.39 Å². The van der Waals surface area contributed by atoms with Crippen LogP contribution >= 0.6 is 0 Å². The van der Waals surface area contributed by atoms with E-state index in [0.717, 1.165) is 70.2 Å². The van der Waals surface area contributed by atoms with Crippen molar-refractivity contribution in [3.8, 4) is 11.3 Å². The fourth-order valence-corrected chi connectivity index (χ4v) is 5.99. The summed E-state index contributed by atoms with van der Waals surface area (Å²) in [4.78, 5) is 2.52. The fourth-order valence-electron chi connectivity index (χ4n) is 5.99. The molecule has 1 N–H and O–H groups in total. The molecule has 2 saturated heterocycles. The molecule has 5 nitrogen and oxygen atoms in total. The van der Waals surface area contributed by atoms with E-state index in [1.807, 2.05) is 6.92 Å². The van der Waals surface area contributed by atoms with E-state index in [-0.39, 0.29) is 23.1 Å². The summed E-state index contributed by atoms with van der Waals surface area (Å²) in [5.41, 5.74) is -0.152. The number of ether oxygens (including phenoxy) is 1.